The van der Waals surface area contributed by atoms with Gasteiger partial charge in [0, 0.05) is 0 Å². The van der Waals surface area contributed by atoms with E-state index in [-0.39, 0.29) is 0 Å². The summed E-state index contributed by atoms with van der Waals surface area (Å²) in [6, 6.07) is 12.0. The highest BCUT2D eigenvalue weighted by atomic mass is 16.4. The molecule has 3 heteroatoms. The zero-order valence-corrected chi connectivity index (χ0v) is 9.51. The predicted molar refractivity (Wildman–Crippen MR) is 63.0 cm³/mol. The summed E-state index contributed by atoms with van der Waals surface area (Å²) in [5, 5.41) is 15.2. The van der Waals surface area contributed by atoms with Gasteiger partial charge in [-0.15, -0.1) is 0 Å². The third kappa shape index (κ3) is 43.1. The molecular formula is C11H21BO2. The van der Waals surface area contributed by atoms with E-state index in [2.05, 4.69) is 20.8 Å². The van der Waals surface area contributed by atoms with E-state index >= 15 is 0 Å². The van der Waals surface area contributed by atoms with Crippen LogP contribution in [-0.4, -0.2) is 17.2 Å². The summed E-state index contributed by atoms with van der Waals surface area (Å²) < 4.78 is 0. The van der Waals surface area contributed by atoms with Crippen LogP contribution in [0.1, 0.15) is 20.8 Å². The lowest BCUT2D eigenvalue weighted by molar-refractivity contribution is 0.417. The monoisotopic (exact) mass is 196 g/mol. The first-order chi connectivity index (χ1) is 6.46. The molecule has 0 aliphatic rings. The van der Waals surface area contributed by atoms with Crippen molar-refractivity contribution in [2.75, 3.05) is 0 Å². The minimum absolute atomic E-state index is 0.833. The van der Waals surface area contributed by atoms with Crippen LogP contribution in [0.3, 0.4) is 0 Å². The summed E-state index contributed by atoms with van der Waals surface area (Å²) in [5.74, 6) is 0.833. The molecule has 80 valence electrons. The van der Waals surface area contributed by atoms with Gasteiger partial charge in [0.25, 0.3) is 0 Å². The highest BCUT2D eigenvalue weighted by Crippen LogP contribution is 1.81. The molecular weight excluding hydrogens is 175 g/mol. The van der Waals surface area contributed by atoms with Gasteiger partial charge >= 0.3 is 7.12 Å². The minimum Gasteiger partial charge on any atom is -0.427 e. The Morgan fingerprint density at radius 1 is 0.786 bits per heavy atom. The largest absolute Gasteiger partial charge is 0.448 e. The van der Waals surface area contributed by atoms with Crippen molar-refractivity contribution < 1.29 is 10.0 Å². The first-order valence-corrected chi connectivity index (χ1v) is 4.83. The lowest BCUT2D eigenvalue weighted by atomic mass is 9.99. The van der Waals surface area contributed by atoms with E-state index in [0.717, 1.165) is 5.92 Å². The van der Waals surface area contributed by atoms with Crippen LogP contribution in [0.5, 0.6) is 0 Å². The standard InChI is InChI=1S/C6H6.C4H10.CH5BO2/c1-2-4-6-5-3-1;1-4(2)3;1-2(3)4/h1-6H;4H,1-3H3;3-4H,1H3. The van der Waals surface area contributed by atoms with Gasteiger partial charge in [-0.2, -0.15) is 0 Å². The van der Waals surface area contributed by atoms with Gasteiger partial charge in [-0.05, 0) is 12.7 Å². The van der Waals surface area contributed by atoms with Crippen molar-refractivity contribution in [2.24, 2.45) is 5.92 Å². The van der Waals surface area contributed by atoms with Crippen LogP contribution in [0.2, 0.25) is 6.82 Å². The van der Waals surface area contributed by atoms with Gasteiger partial charge < -0.3 is 10.0 Å². The third-order valence-corrected chi connectivity index (χ3v) is 0.667. The second-order valence-corrected chi connectivity index (χ2v) is 3.52. The van der Waals surface area contributed by atoms with Gasteiger partial charge in [0.1, 0.15) is 0 Å². The van der Waals surface area contributed by atoms with E-state index in [0.29, 0.717) is 0 Å². The molecule has 2 nitrogen and oxygen atoms in total. The zero-order chi connectivity index (χ0) is 11.4. The van der Waals surface area contributed by atoms with Crippen LogP contribution in [0, 0.1) is 5.92 Å². The van der Waals surface area contributed by atoms with E-state index in [1.807, 2.05) is 36.4 Å². The fourth-order valence-corrected chi connectivity index (χ4v) is 0.385. The predicted octanol–water partition coefficient (Wildman–Crippen LogP) is 2.44. The van der Waals surface area contributed by atoms with Crippen LogP contribution >= 0.6 is 0 Å². The van der Waals surface area contributed by atoms with Crippen LogP contribution < -0.4 is 0 Å². The smallest absolute Gasteiger partial charge is 0.427 e. The summed E-state index contributed by atoms with van der Waals surface area (Å²) in [6.07, 6.45) is 0. The van der Waals surface area contributed by atoms with Gasteiger partial charge in [-0.25, -0.2) is 0 Å². The molecule has 0 unspecified atom stereocenters. The van der Waals surface area contributed by atoms with E-state index < -0.39 is 7.12 Å². The molecule has 0 amide bonds. The highest BCUT2D eigenvalue weighted by molar-refractivity contribution is 6.38. The maximum atomic E-state index is 7.61. The quantitative estimate of drug-likeness (QED) is 0.625. The Morgan fingerprint density at radius 2 is 0.857 bits per heavy atom. The van der Waals surface area contributed by atoms with Crippen molar-refractivity contribution in [3.05, 3.63) is 36.4 Å². The third-order valence-electron chi connectivity index (χ3n) is 0.667. The second-order valence-electron chi connectivity index (χ2n) is 3.52. The molecule has 1 aromatic carbocycles. The fourth-order valence-electron chi connectivity index (χ4n) is 0.385. The second kappa shape index (κ2) is 12.2. The Balaban J connectivity index is 0. The van der Waals surface area contributed by atoms with Crippen molar-refractivity contribution in [1.29, 1.82) is 0 Å². The van der Waals surface area contributed by atoms with Crippen LogP contribution in [0.15, 0.2) is 36.4 Å². The molecule has 0 saturated heterocycles. The molecule has 0 heterocycles. The number of hydrogen-bond donors (Lipinski definition) is 2. The molecule has 0 fully saturated rings. The molecule has 0 aromatic heterocycles. The van der Waals surface area contributed by atoms with Crippen molar-refractivity contribution >= 4 is 7.12 Å². The van der Waals surface area contributed by atoms with E-state index in [9.17, 15) is 0 Å². The van der Waals surface area contributed by atoms with Crippen LogP contribution in [0.4, 0.5) is 0 Å². The first kappa shape index (κ1) is 15.7. The maximum absolute atomic E-state index is 7.61. The average molecular weight is 196 g/mol. The van der Waals surface area contributed by atoms with E-state index in [1.165, 1.54) is 6.82 Å². The van der Waals surface area contributed by atoms with E-state index in [1.54, 1.807) is 0 Å². The average Bonchev–Trinajstić information content (AvgIpc) is 2.05. The molecule has 1 aromatic rings. The van der Waals surface area contributed by atoms with E-state index in [4.69, 9.17) is 10.0 Å². The number of rotatable bonds is 0. The number of hydrogen-bond acceptors (Lipinski definition) is 2. The Kier molecular flexibility index (Phi) is 13.7. The number of benzene rings is 1. The highest BCUT2D eigenvalue weighted by Gasteiger charge is 1.86. The molecule has 0 atom stereocenters. The lowest BCUT2D eigenvalue weighted by Crippen LogP contribution is -2.00. The van der Waals surface area contributed by atoms with Gasteiger partial charge in [-0.1, -0.05) is 57.2 Å². The van der Waals surface area contributed by atoms with Crippen molar-refractivity contribution in [3.8, 4) is 0 Å². The molecule has 0 bridgehead atoms. The summed E-state index contributed by atoms with van der Waals surface area (Å²) in [7, 11) is -1.17. The Morgan fingerprint density at radius 3 is 0.929 bits per heavy atom. The van der Waals surface area contributed by atoms with Gasteiger partial charge in [0.2, 0.25) is 0 Å². The summed E-state index contributed by atoms with van der Waals surface area (Å²) >= 11 is 0. The molecule has 0 aliphatic heterocycles. The normalized spacial score (nSPS) is 7.93. The van der Waals surface area contributed by atoms with Crippen molar-refractivity contribution in [3.63, 3.8) is 0 Å². The van der Waals surface area contributed by atoms with Gasteiger partial charge in [-0.3, -0.25) is 0 Å². The fraction of sp³-hybridized carbons (Fsp3) is 0.455. The summed E-state index contributed by atoms with van der Waals surface area (Å²) in [5.41, 5.74) is 0. The van der Waals surface area contributed by atoms with Gasteiger partial charge in [0.05, 0.1) is 0 Å². The molecule has 0 saturated carbocycles. The molecule has 0 spiro atoms. The Bertz CT molecular complexity index is 138. The maximum Gasteiger partial charge on any atom is 0.448 e. The van der Waals surface area contributed by atoms with Gasteiger partial charge in [0.15, 0.2) is 0 Å². The topological polar surface area (TPSA) is 40.5 Å². The molecule has 2 N–H and O–H groups in total. The zero-order valence-electron chi connectivity index (χ0n) is 9.51. The van der Waals surface area contributed by atoms with Crippen LogP contribution in [0.25, 0.3) is 0 Å². The Hall–Kier alpha value is -0.795. The Labute approximate surface area is 87.7 Å². The van der Waals surface area contributed by atoms with Crippen molar-refractivity contribution in [1.82, 2.24) is 0 Å². The molecule has 0 radical (unpaired) electrons. The first-order valence-electron chi connectivity index (χ1n) is 4.83. The molecule has 14 heavy (non-hydrogen) atoms. The lowest BCUT2D eigenvalue weighted by Gasteiger charge is -1.79. The molecule has 0 aliphatic carbocycles. The van der Waals surface area contributed by atoms with Crippen molar-refractivity contribution in [2.45, 2.75) is 27.6 Å². The minimum atomic E-state index is -1.17. The van der Waals surface area contributed by atoms with Crippen LogP contribution in [-0.2, 0) is 0 Å². The summed E-state index contributed by atoms with van der Waals surface area (Å²) in [6.45, 7) is 7.78. The SMILES string of the molecule is CB(O)O.CC(C)C.c1ccccc1. The molecule has 1 rings (SSSR count). The summed E-state index contributed by atoms with van der Waals surface area (Å²) in [4.78, 5) is 0.